The molecule has 0 aromatic heterocycles. The lowest BCUT2D eigenvalue weighted by atomic mass is 9.46. The van der Waals surface area contributed by atoms with Gasteiger partial charge in [0.2, 0.25) is 0 Å². The van der Waals surface area contributed by atoms with E-state index in [0.717, 1.165) is 17.9 Å². The van der Waals surface area contributed by atoms with Crippen molar-refractivity contribution in [2.45, 2.75) is 72.6 Å². The monoisotopic (exact) mass is 354 g/mol. The van der Waals surface area contributed by atoms with Crippen molar-refractivity contribution >= 4 is 11.6 Å². The van der Waals surface area contributed by atoms with Gasteiger partial charge in [0.05, 0.1) is 0 Å². The van der Waals surface area contributed by atoms with Gasteiger partial charge in [-0.25, -0.2) is 0 Å². The molecule has 0 radical (unpaired) electrons. The molecule has 0 aliphatic heterocycles. The van der Waals surface area contributed by atoms with E-state index >= 15 is 0 Å². The molecule has 4 rings (SSSR count). The first kappa shape index (κ1) is 18.2. The lowest BCUT2D eigenvalue weighted by molar-refractivity contribution is -0.131. The second-order valence-corrected chi connectivity index (χ2v) is 10.1. The highest BCUT2D eigenvalue weighted by atomic mass is 16.1. The van der Waals surface area contributed by atoms with Crippen molar-refractivity contribution < 1.29 is 9.59 Å². The molecule has 0 spiro atoms. The maximum absolute atomic E-state index is 13.0. The molecule has 7 atom stereocenters. The zero-order valence-corrected chi connectivity index (χ0v) is 16.9. The molecule has 2 nitrogen and oxygen atoms in total. The van der Waals surface area contributed by atoms with Crippen LogP contribution in [0.15, 0.2) is 23.8 Å². The summed E-state index contributed by atoms with van der Waals surface area (Å²) >= 11 is 0. The lowest BCUT2D eigenvalue weighted by Crippen LogP contribution is -2.53. The average Bonchev–Trinajstić information content (AvgIpc) is 2.94. The van der Waals surface area contributed by atoms with Gasteiger partial charge in [-0.15, -0.1) is 0 Å². The molecular weight excluding hydrogens is 320 g/mol. The van der Waals surface area contributed by atoms with Crippen molar-refractivity contribution in [2.75, 3.05) is 0 Å². The van der Waals surface area contributed by atoms with Gasteiger partial charge in [-0.3, -0.25) is 9.59 Å². The van der Waals surface area contributed by atoms with Crippen LogP contribution in [0, 0.1) is 40.4 Å². The van der Waals surface area contributed by atoms with Gasteiger partial charge in [0.15, 0.2) is 11.6 Å². The third-order valence-corrected chi connectivity index (χ3v) is 8.99. The second-order valence-electron chi connectivity index (χ2n) is 10.1. The Morgan fingerprint density at radius 1 is 1.12 bits per heavy atom. The Hall–Kier alpha value is -1.18. The smallest absolute Gasteiger partial charge is 0.159 e. The molecule has 0 aromatic rings. The van der Waals surface area contributed by atoms with Crippen LogP contribution in [0.5, 0.6) is 0 Å². The van der Waals surface area contributed by atoms with Gasteiger partial charge < -0.3 is 0 Å². The highest BCUT2D eigenvalue weighted by molar-refractivity contribution is 6.05. The number of carbonyl (C=O) groups excluding carboxylic acids is 2. The first-order chi connectivity index (χ1) is 12.3. The zero-order chi connectivity index (χ0) is 18.7. The number of hydrogen-bond donors (Lipinski definition) is 0. The average molecular weight is 355 g/mol. The minimum Gasteiger partial charge on any atom is -0.295 e. The molecule has 3 fully saturated rings. The van der Waals surface area contributed by atoms with Gasteiger partial charge in [-0.2, -0.15) is 0 Å². The van der Waals surface area contributed by atoms with E-state index in [4.69, 9.17) is 0 Å². The Morgan fingerprint density at radius 2 is 1.88 bits per heavy atom. The van der Waals surface area contributed by atoms with Gasteiger partial charge in [0, 0.05) is 18.4 Å². The fourth-order valence-corrected chi connectivity index (χ4v) is 7.73. The van der Waals surface area contributed by atoms with Gasteiger partial charge in [-0.1, -0.05) is 32.9 Å². The molecule has 0 aromatic carbocycles. The van der Waals surface area contributed by atoms with Crippen LogP contribution in [-0.2, 0) is 9.59 Å². The van der Waals surface area contributed by atoms with Gasteiger partial charge >= 0.3 is 0 Å². The first-order valence-corrected chi connectivity index (χ1v) is 10.7. The van der Waals surface area contributed by atoms with Crippen LogP contribution in [0.25, 0.3) is 0 Å². The molecule has 4 unspecified atom stereocenters. The largest absolute Gasteiger partial charge is 0.295 e. The van der Waals surface area contributed by atoms with E-state index in [-0.39, 0.29) is 17.0 Å². The van der Waals surface area contributed by atoms with Gasteiger partial charge in [-0.05, 0) is 85.5 Å². The van der Waals surface area contributed by atoms with Crippen molar-refractivity contribution in [3.8, 4) is 0 Å². The Morgan fingerprint density at radius 3 is 2.62 bits per heavy atom. The van der Waals surface area contributed by atoms with Crippen molar-refractivity contribution in [1.82, 2.24) is 0 Å². The van der Waals surface area contributed by atoms with Crippen LogP contribution in [0.3, 0.4) is 0 Å². The van der Waals surface area contributed by atoms with E-state index in [1.165, 1.54) is 25.7 Å². The summed E-state index contributed by atoms with van der Waals surface area (Å²) in [7, 11) is 0. The van der Waals surface area contributed by atoms with Crippen molar-refractivity contribution in [2.24, 2.45) is 40.4 Å². The maximum Gasteiger partial charge on any atom is 0.159 e. The Bertz CT molecular complexity index is 686. The molecule has 4 aliphatic carbocycles. The third kappa shape index (κ3) is 2.43. The molecule has 0 N–H and O–H groups in total. The second kappa shape index (κ2) is 6.17. The van der Waals surface area contributed by atoms with E-state index in [2.05, 4.69) is 39.8 Å². The molecule has 0 saturated heterocycles. The SMILES string of the molecule is C/C=C/[C@H](C)C1CCC2C3CC(=O)C4=CC(=O)CC[C@]4(C)C3CC[C@@]21C. The van der Waals surface area contributed by atoms with Crippen LogP contribution in [-0.4, -0.2) is 11.6 Å². The Kier molecular flexibility index (Phi) is 4.32. The highest BCUT2D eigenvalue weighted by Gasteiger charge is 2.60. The van der Waals surface area contributed by atoms with E-state index in [1.54, 1.807) is 6.08 Å². The molecule has 142 valence electrons. The lowest BCUT2D eigenvalue weighted by Gasteiger charge is -2.57. The summed E-state index contributed by atoms with van der Waals surface area (Å²) in [5.41, 5.74) is 1.19. The minimum absolute atomic E-state index is 0.0533. The van der Waals surface area contributed by atoms with Crippen LogP contribution in [0.1, 0.15) is 72.6 Å². The summed E-state index contributed by atoms with van der Waals surface area (Å²) in [6.45, 7) is 9.32. The quantitative estimate of drug-likeness (QED) is 0.611. The highest BCUT2D eigenvalue weighted by Crippen LogP contribution is 2.67. The van der Waals surface area contributed by atoms with Crippen molar-refractivity contribution in [1.29, 1.82) is 0 Å². The summed E-state index contributed by atoms with van der Waals surface area (Å²) in [5, 5.41) is 0. The molecule has 0 bridgehead atoms. The first-order valence-electron chi connectivity index (χ1n) is 10.7. The van der Waals surface area contributed by atoms with Crippen LogP contribution in [0.4, 0.5) is 0 Å². The van der Waals surface area contributed by atoms with Crippen molar-refractivity contribution in [3.63, 3.8) is 0 Å². The van der Waals surface area contributed by atoms with Gasteiger partial charge in [0.25, 0.3) is 0 Å². The van der Waals surface area contributed by atoms with E-state index in [0.29, 0.717) is 41.9 Å². The molecule has 4 aliphatic rings. The molecule has 3 saturated carbocycles. The fraction of sp³-hybridized carbons (Fsp3) is 0.750. The molecule has 0 heterocycles. The standard InChI is InChI=1S/C24H34O2/c1-5-6-15(2)18-7-8-19-17-14-22(26)21-13-16(25)9-11-24(21,4)20(17)10-12-23(18,19)3/h5-6,13,15,17-20H,7-12,14H2,1-4H3/b6-5+/t15-,17?,18?,19?,20?,23+,24+/m0/s1. The number of fused-ring (bicyclic) bond motifs is 5. The fourth-order valence-electron chi connectivity index (χ4n) is 7.73. The number of hydrogen-bond acceptors (Lipinski definition) is 2. The van der Waals surface area contributed by atoms with Crippen molar-refractivity contribution in [3.05, 3.63) is 23.8 Å². The predicted molar refractivity (Wildman–Crippen MR) is 105 cm³/mol. The molecule has 2 heteroatoms. The maximum atomic E-state index is 13.0. The van der Waals surface area contributed by atoms with Gasteiger partial charge in [0.1, 0.15) is 0 Å². The molecule has 26 heavy (non-hydrogen) atoms. The molecular formula is C24H34O2. The van der Waals surface area contributed by atoms with E-state index in [9.17, 15) is 9.59 Å². The number of allylic oxidation sites excluding steroid dienone is 3. The van der Waals surface area contributed by atoms with E-state index < -0.39 is 0 Å². The summed E-state index contributed by atoms with van der Waals surface area (Å²) in [6.07, 6.45) is 13.6. The Balaban J connectivity index is 1.67. The van der Waals surface area contributed by atoms with Crippen LogP contribution in [0.2, 0.25) is 0 Å². The summed E-state index contributed by atoms with van der Waals surface area (Å²) in [6, 6.07) is 0. The summed E-state index contributed by atoms with van der Waals surface area (Å²) < 4.78 is 0. The third-order valence-electron chi connectivity index (χ3n) is 8.99. The number of Topliss-reactive ketones (excluding diaryl/α,β-unsaturated/α-hetero) is 1. The summed E-state index contributed by atoms with van der Waals surface area (Å²) in [4.78, 5) is 25.0. The normalized spacial score (nSPS) is 46.5. The molecule has 0 amide bonds. The number of ketones is 2. The van der Waals surface area contributed by atoms with Crippen LogP contribution >= 0.6 is 0 Å². The minimum atomic E-state index is -0.0533. The Labute approximate surface area is 158 Å². The van der Waals surface area contributed by atoms with E-state index in [1.807, 2.05) is 0 Å². The topological polar surface area (TPSA) is 34.1 Å². The number of rotatable bonds is 2. The van der Waals surface area contributed by atoms with Crippen LogP contribution < -0.4 is 0 Å². The zero-order valence-electron chi connectivity index (χ0n) is 16.9. The predicted octanol–water partition coefficient (Wildman–Crippen LogP) is 5.53. The number of carbonyl (C=O) groups is 2. The summed E-state index contributed by atoms with van der Waals surface area (Å²) in [5.74, 6) is 3.61.